The van der Waals surface area contributed by atoms with Crippen molar-refractivity contribution in [1.29, 1.82) is 0 Å². The zero-order chi connectivity index (χ0) is 17.2. The zero-order valence-corrected chi connectivity index (χ0v) is 17.4. The van der Waals surface area contributed by atoms with Crippen molar-refractivity contribution >= 4 is 41.5 Å². The minimum absolute atomic E-state index is 0. The predicted molar refractivity (Wildman–Crippen MR) is 109 cm³/mol. The normalized spacial score (nSPS) is 11.1. The number of guanidine groups is 1. The molecule has 2 aromatic rings. The Hall–Kier alpha value is -1.39. The van der Waals surface area contributed by atoms with Gasteiger partial charge in [-0.05, 0) is 25.5 Å². The molecule has 0 aliphatic rings. The fraction of sp³-hybridized carbons (Fsp3) is 0.438. The summed E-state index contributed by atoms with van der Waals surface area (Å²) in [6.07, 6.45) is 0.903. The van der Waals surface area contributed by atoms with Crippen LogP contribution in [0.2, 0.25) is 5.02 Å². The number of nitrogens with zero attached hydrogens (tertiary/aromatic N) is 3. The van der Waals surface area contributed by atoms with E-state index in [-0.39, 0.29) is 24.0 Å². The van der Waals surface area contributed by atoms with Crippen molar-refractivity contribution in [2.75, 3.05) is 26.8 Å². The number of benzene rings is 1. The van der Waals surface area contributed by atoms with Gasteiger partial charge in [-0.1, -0.05) is 28.9 Å². The molecule has 2 rings (SSSR count). The van der Waals surface area contributed by atoms with Gasteiger partial charge in [0.15, 0.2) is 5.96 Å². The van der Waals surface area contributed by atoms with Crippen LogP contribution in [0, 0.1) is 0 Å². The van der Waals surface area contributed by atoms with Crippen molar-refractivity contribution in [1.82, 2.24) is 20.8 Å². The van der Waals surface area contributed by atoms with E-state index in [9.17, 15) is 0 Å². The van der Waals surface area contributed by atoms with Crippen LogP contribution in [0.1, 0.15) is 19.2 Å². The fourth-order valence-electron chi connectivity index (χ4n) is 1.98. The van der Waals surface area contributed by atoms with E-state index in [0.29, 0.717) is 35.8 Å². The van der Waals surface area contributed by atoms with Gasteiger partial charge >= 0.3 is 0 Å². The maximum atomic E-state index is 5.98. The van der Waals surface area contributed by atoms with E-state index in [4.69, 9.17) is 20.9 Å². The van der Waals surface area contributed by atoms with Crippen molar-refractivity contribution in [3.8, 4) is 11.4 Å². The molecule has 25 heavy (non-hydrogen) atoms. The molecule has 1 aromatic carbocycles. The van der Waals surface area contributed by atoms with Crippen LogP contribution in [-0.4, -0.2) is 42.9 Å². The molecule has 0 atom stereocenters. The van der Waals surface area contributed by atoms with Crippen molar-refractivity contribution in [2.24, 2.45) is 4.99 Å². The lowest BCUT2D eigenvalue weighted by molar-refractivity contribution is 0.195. The molecule has 0 saturated carbocycles. The summed E-state index contributed by atoms with van der Waals surface area (Å²) in [5.74, 6) is 1.65. The van der Waals surface area contributed by atoms with E-state index in [1.54, 1.807) is 19.2 Å². The average Bonchev–Trinajstić information content (AvgIpc) is 3.05. The summed E-state index contributed by atoms with van der Waals surface area (Å²) >= 11 is 5.98. The molecule has 1 aromatic heterocycles. The van der Waals surface area contributed by atoms with E-state index in [1.807, 2.05) is 19.1 Å². The Kier molecular flexibility index (Phi) is 10.4. The molecule has 2 N–H and O–H groups in total. The van der Waals surface area contributed by atoms with Crippen LogP contribution < -0.4 is 10.6 Å². The molecule has 138 valence electrons. The Morgan fingerprint density at radius 1 is 1.36 bits per heavy atom. The largest absolute Gasteiger partial charge is 0.385 e. The fourth-order valence-corrected chi connectivity index (χ4v) is 2.17. The first-order valence-electron chi connectivity index (χ1n) is 7.82. The summed E-state index contributed by atoms with van der Waals surface area (Å²) in [6.45, 7) is 4.56. The van der Waals surface area contributed by atoms with Crippen LogP contribution >= 0.6 is 35.6 Å². The molecule has 7 nitrogen and oxygen atoms in total. The van der Waals surface area contributed by atoms with E-state index in [2.05, 4.69) is 25.8 Å². The molecule has 0 aliphatic carbocycles. The standard InChI is InChI=1S/C16H22ClN5O2.HI/c1-3-18-16(19-8-5-9-23-2)20-11-14-21-15(22-24-14)12-6-4-7-13(17)10-12;/h4,6-7,10H,3,5,8-9,11H2,1-2H3,(H2,18,19,20);1H. The highest BCUT2D eigenvalue weighted by Gasteiger charge is 2.09. The van der Waals surface area contributed by atoms with Gasteiger partial charge in [0.25, 0.3) is 0 Å². The summed E-state index contributed by atoms with van der Waals surface area (Å²) in [7, 11) is 1.69. The lowest BCUT2D eigenvalue weighted by Crippen LogP contribution is -2.38. The van der Waals surface area contributed by atoms with Gasteiger partial charge in [-0.2, -0.15) is 4.98 Å². The topological polar surface area (TPSA) is 84.6 Å². The molecule has 0 aliphatic heterocycles. The predicted octanol–water partition coefficient (Wildman–Crippen LogP) is 3.10. The molecule has 9 heteroatoms. The second-order valence-electron chi connectivity index (χ2n) is 4.99. The van der Waals surface area contributed by atoms with Gasteiger partial charge in [0, 0.05) is 37.4 Å². The second kappa shape index (κ2) is 12.0. The third-order valence-corrected chi connectivity index (χ3v) is 3.32. The molecule has 0 amide bonds. The summed E-state index contributed by atoms with van der Waals surface area (Å²) < 4.78 is 10.3. The van der Waals surface area contributed by atoms with Gasteiger partial charge in [0.05, 0.1) is 0 Å². The molecule has 0 radical (unpaired) electrons. The third-order valence-electron chi connectivity index (χ3n) is 3.09. The minimum Gasteiger partial charge on any atom is -0.385 e. The Labute approximate surface area is 169 Å². The molecule has 1 heterocycles. The average molecular weight is 480 g/mol. The Bertz CT molecular complexity index is 665. The smallest absolute Gasteiger partial charge is 0.248 e. The van der Waals surface area contributed by atoms with E-state index in [0.717, 1.165) is 25.1 Å². The molecule has 0 fully saturated rings. The Morgan fingerprint density at radius 3 is 2.92 bits per heavy atom. The quantitative estimate of drug-likeness (QED) is 0.262. The maximum Gasteiger partial charge on any atom is 0.248 e. The van der Waals surface area contributed by atoms with Crippen LogP contribution in [0.25, 0.3) is 11.4 Å². The number of hydrogen-bond donors (Lipinski definition) is 2. The molecule has 0 bridgehead atoms. The second-order valence-corrected chi connectivity index (χ2v) is 5.43. The lowest BCUT2D eigenvalue weighted by atomic mass is 10.2. The zero-order valence-electron chi connectivity index (χ0n) is 14.3. The molecular formula is C16H23ClIN5O2. The maximum absolute atomic E-state index is 5.98. The van der Waals surface area contributed by atoms with Crippen LogP contribution in [-0.2, 0) is 11.3 Å². The van der Waals surface area contributed by atoms with E-state index < -0.39 is 0 Å². The number of hydrogen-bond acceptors (Lipinski definition) is 5. The SMILES string of the molecule is CCNC(=NCc1nc(-c2cccc(Cl)c2)no1)NCCCOC.I. The molecule has 0 saturated heterocycles. The highest BCUT2D eigenvalue weighted by atomic mass is 127. The van der Waals surface area contributed by atoms with E-state index >= 15 is 0 Å². The number of ether oxygens (including phenoxy) is 1. The number of aromatic nitrogens is 2. The number of rotatable bonds is 8. The third kappa shape index (κ3) is 7.57. The molecule has 0 spiro atoms. The van der Waals surface area contributed by atoms with Crippen molar-refractivity contribution in [3.05, 3.63) is 35.2 Å². The lowest BCUT2D eigenvalue weighted by Gasteiger charge is -2.10. The van der Waals surface area contributed by atoms with Crippen LogP contribution in [0.5, 0.6) is 0 Å². The number of methoxy groups -OCH3 is 1. The van der Waals surface area contributed by atoms with Crippen molar-refractivity contribution in [2.45, 2.75) is 19.9 Å². The monoisotopic (exact) mass is 479 g/mol. The van der Waals surface area contributed by atoms with Gasteiger partial charge < -0.3 is 19.9 Å². The summed E-state index contributed by atoms with van der Waals surface area (Å²) in [5.41, 5.74) is 0.811. The highest BCUT2D eigenvalue weighted by Crippen LogP contribution is 2.19. The number of halogens is 2. The van der Waals surface area contributed by atoms with E-state index in [1.165, 1.54) is 0 Å². The summed E-state index contributed by atoms with van der Waals surface area (Å²) in [4.78, 5) is 8.78. The highest BCUT2D eigenvalue weighted by molar-refractivity contribution is 14.0. The number of nitrogens with one attached hydrogen (secondary N) is 2. The molecular weight excluding hydrogens is 457 g/mol. The van der Waals surface area contributed by atoms with Gasteiger partial charge in [0.2, 0.25) is 11.7 Å². The van der Waals surface area contributed by atoms with Gasteiger partial charge in [-0.15, -0.1) is 24.0 Å². The molecule has 0 unspecified atom stereocenters. The van der Waals surface area contributed by atoms with Crippen molar-refractivity contribution < 1.29 is 9.26 Å². The Morgan fingerprint density at radius 2 is 2.20 bits per heavy atom. The first kappa shape index (κ1) is 21.7. The van der Waals surface area contributed by atoms with Gasteiger partial charge in [0.1, 0.15) is 6.54 Å². The number of aliphatic imine (C=N–C) groups is 1. The van der Waals surface area contributed by atoms with Crippen LogP contribution in [0.3, 0.4) is 0 Å². The van der Waals surface area contributed by atoms with Crippen LogP contribution in [0.15, 0.2) is 33.8 Å². The first-order valence-corrected chi connectivity index (χ1v) is 8.20. The van der Waals surface area contributed by atoms with Crippen molar-refractivity contribution in [3.63, 3.8) is 0 Å². The van der Waals surface area contributed by atoms with Crippen LogP contribution in [0.4, 0.5) is 0 Å². The Balaban J connectivity index is 0.00000312. The summed E-state index contributed by atoms with van der Waals surface area (Å²) in [6, 6.07) is 7.32. The van der Waals surface area contributed by atoms with Gasteiger partial charge in [-0.3, -0.25) is 0 Å². The minimum atomic E-state index is 0. The van der Waals surface area contributed by atoms with Gasteiger partial charge in [-0.25, -0.2) is 4.99 Å². The summed E-state index contributed by atoms with van der Waals surface area (Å²) in [5, 5.41) is 11.0. The first-order chi connectivity index (χ1) is 11.7.